The number of nitrogens with zero attached hydrogens (tertiary/aromatic N) is 3. The number of hydrogen-bond acceptors (Lipinski definition) is 5. The standard InChI is InChI=1S/C18H37N5O3.HI/c1-6-22-10-7-8-15(22)14-21-16(19)20-9-11-23(12-13-25-5)17(24)26-18(2,3)4;/h15H,6-14H2,1-5H3,(H3,19,20,21);1H. The van der Waals surface area contributed by atoms with Gasteiger partial charge in [0.1, 0.15) is 5.60 Å². The van der Waals surface area contributed by atoms with E-state index in [9.17, 15) is 4.79 Å². The topological polar surface area (TPSA) is 92.4 Å². The SMILES string of the molecule is CCN1CCCC1CN=C(N)NCCN(CCOC)C(=O)OC(C)(C)C.I. The Balaban J connectivity index is 0.00000676. The lowest BCUT2D eigenvalue weighted by molar-refractivity contribution is 0.0206. The molecule has 0 aromatic carbocycles. The number of carbonyl (C=O) groups excluding carboxylic acids is 1. The van der Waals surface area contributed by atoms with Crippen molar-refractivity contribution in [3.63, 3.8) is 0 Å². The monoisotopic (exact) mass is 499 g/mol. The summed E-state index contributed by atoms with van der Waals surface area (Å²) in [4.78, 5) is 20.8. The van der Waals surface area contributed by atoms with E-state index >= 15 is 0 Å². The Kier molecular flexibility index (Phi) is 13.0. The van der Waals surface area contributed by atoms with Crippen LogP contribution in [0.1, 0.15) is 40.5 Å². The van der Waals surface area contributed by atoms with Crippen LogP contribution in [0.2, 0.25) is 0 Å². The van der Waals surface area contributed by atoms with Crippen molar-refractivity contribution in [1.82, 2.24) is 15.1 Å². The molecule has 0 aliphatic carbocycles. The first-order valence-electron chi connectivity index (χ1n) is 9.51. The smallest absolute Gasteiger partial charge is 0.410 e. The van der Waals surface area contributed by atoms with Crippen molar-refractivity contribution in [2.24, 2.45) is 10.7 Å². The van der Waals surface area contributed by atoms with Gasteiger partial charge in [-0.25, -0.2) is 4.79 Å². The second-order valence-electron chi connectivity index (χ2n) is 7.54. The average molecular weight is 499 g/mol. The van der Waals surface area contributed by atoms with Crippen LogP contribution in [0, 0.1) is 0 Å². The lowest BCUT2D eigenvalue weighted by Crippen LogP contribution is -2.44. The Bertz CT molecular complexity index is 457. The molecule has 1 aliphatic heterocycles. The van der Waals surface area contributed by atoms with Gasteiger partial charge in [-0.3, -0.25) is 9.89 Å². The lowest BCUT2D eigenvalue weighted by Gasteiger charge is -2.27. The maximum atomic E-state index is 12.3. The summed E-state index contributed by atoms with van der Waals surface area (Å²) in [7, 11) is 1.61. The molecule has 0 aromatic heterocycles. The maximum Gasteiger partial charge on any atom is 0.410 e. The summed E-state index contributed by atoms with van der Waals surface area (Å²) in [6.07, 6.45) is 2.05. The molecule has 27 heavy (non-hydrogen) atoms. The molecule has 1 saturated heterocycles. The van der Waals surface area contributed by atoms with Crippen LogP contribution in [0.5, 0.6) is 0 Å². The third kappa shape index (κ3) is 10.9. The predicted molar refractivity (Wildman–Crippen MR) is 120 cm³/mol. The van der Waals surface area contributed by atoms with E-state index in [0.717, 1.165) is 13.1 Å². The molecule has 1 aliphatic rings. The minimum absolute atomic E-state index is 0. The fourth-order valence-electron chi connectivity index (χ4n) is 2.92. The molecule has 0 saturated carbocycles. The van der Waals surface area contributed by atoms with Gasteiger partial charge in [0.25, 0.3) is 0 Å². The average Bonchev–Trinajstić information content (AvgIpc) is 3.01. The van der Waals surface area contributed by atoms with Crippen LogP contribution in [-0.4, -0.2) is 86.5 Å². The highest BCUT2D eigenvalue weighted by Crippen LogP contribution is 2.16. The molecule has 1 rings (SSSR count). The van der Waals surface area contributed by atoms with Crippen molar-refractivity contribution in [2.45, 2.75) is 52.2 Å². The number of nitrogens with two attached hydrogens (primary N) is 1. The molecule has 1 amide bonds. The summed E-state index contributed by atoms with van der Waals surface area (Å²) in [6, 6.07) is 0.486. The molecule has 160 valence electrons. The van der Waals surface area contributed by atoms with Crippen molar-refractivity contribution in [1.29, 1.82) is 0 Å². The number of nitrogens with one attached hydrogen (secondary N) is 1. The van der Waals surface area contributed by atoms with Crippen molar-refractivity contribution in [2.75, 3.05) is 53.0 Å². The molecule has 1 unspecified atom stereocenters. The Morgan fingerprint density at radius 2 is 2.07 bits per heavy atom. The number of halogens is 1. The van der Waals surface area contributed by atoms with Gasteiger partial charge in [0, 0.05) is 32.8 Å². The predicted octanol–water partition coefficient (Wildman–Crippen LogP) is 1.88. The summed E-state index contributed by atoms with van der Waals surface area (Å²) < 4.78 is 10.5. The van der Waals surface area contributed by atoms with Crippen LogP contribution < -0.4 is 11.1 Å². The largest absolute Gasteiger partial charge is 0.444 e. The fraction of sp³-hybridized carbons (Fsp3) is 0.889. The number of amides is 1. The van der Waals surface area contributed by atoms with E-state index in [1.165, 1.54) is 12.8 Å². The molecular formula is C18H38IN5O3. The molecule has 8 nitrogen and oxygen atoms in total. The van der Waals surface area contributed by atoms with Gasteiger partial charge in [0.2, 0.25) is 0 Å². The van der Waals surface area contributed by atoms with Crippen LogP contribution in [0.4, 0.5) is 4.79 Å². The lowest BCUT2D eigenvalue weighted by atomic mass is 10.2. The number of hydrogen-bond donors (Lipinski definition) is 2. The van der Waals surface area contributed by atoms with E-state index in [2.05, 4.69) is 22.1 Å². The van der Waals surface area contributed by atoms with Gasteiger partial charge in [-0.2, -0.15) is 0 Å². The summed E-state index contributed by atoms with van der Waals surface area (Å²) in [5.41, 5.74) is 5.44. The highest BCUT2D eigenvalue weighted by Gasteiger charge is 2.23. The molecule has 0 radical (unpaired) electrons. The number of guanidine groups is 1. The quantitative estimate of drug-likeness (QED) is 0.286. The second kappa shape index (κ2) is 13.4. The minimum atomic E-state index is -0.525. The van der Waals surface area contributed by atoms with Crippen molar-refractivity contribution in [3.8, 4) is 0 Å². The van der Waals surface area contributed by atoms with Crippen LogP contribution in [0.15, 0.2) is 4.99 Å². The van der Waals surface area contributed by atoms with E-state index in [1.54, 1.807) is 12.0 Å². The summed E-state index contributed by atoms with van der Waals surface area (Å²) in [6.45, 7) is 12.6. The third-order valence-electron chi connectivity index (χ3n) is 4.28. The summed E-state index contributed by atoms with van der Waals surface area (Å²) in [5.74, 6) is 0.420. The third-order valence-corrected chi connectivity index (χ3v) is 4.28. The molecule has 1 atom stereocenters. The van der Waals surface area contributed by atoms with Gasteiger partial charge in [-0.15, -0.1) is 24.0 Å². The first-order valence-corrected chi connectivity index (χ1v) is 9.51. The maximum absolute atomic E-state index is 12.3. The highest BCUT2D eigenvalue weighted by atomic mass is 127. The van der Waals surface area contributed by atoms with Crippen LogP contribution >= 0.6 is 24.0 Å². The normalized spacial score (nSPS) is 18.1. The Morgan fingerprint density at radius 3 is 2.67 bits per heavy atom. The van der Waals surface area contributed by atoms with E-state index < -0.39 is 5.60 Å². The number of aliphatic imine (C=N–C) groups is 1. The first kappa shape index (κ1) is 26.2. The van der Waals surface area contributed by atoms with E-state index in [4.69, 9.17) is 15.2 Å². The number of rotatable bonds is 9. The number of likely N-dealkylation sites (N-methyl/N-ethyl adjacent to an activating group) is 1. The first-order chi connectivity index (χ1) is 12.3. The zero-order chi connectivity index (χ0) is 19.6. The Morgan fingerprint density at radius 1 is 1.37 bits per heavy atom. The van der Waals surface area contributed by atoms with Crippen LogP contribution in [-0.2, 0) is 9.47 Å². The minimum Gasteiger partial charge on any atom is -0.444 e. The van der Waals surface area contributed by atoms with Gasteiger partial charge in [0.15, 0.2) is 5.96 Å². The molecular weight excluding hydrogens is 461 g/mol. The van der Waals surface area contributed by atoms with Gasteiger partial charge in [-0.1, -0.05) is 6.92 Å². The summed E-state index contributed by atoms with van der Waals surface area (Å²) in [5, 5.41) is 3.08. The van der Waals surface area contributed by atoms with E-state index in [0.29, 0.717) is 44.8 Å². The number of ether oxygens (including phenoxy) is 2. The molecule has 9 heteroatoms. The zero-order valence-electron chi connectivity index (χ0n) is 17.5. The second-order valence-corrected chi connectivity index (χ2v) is 7.54. The van der Waals surface area contributed by atoms with Gasteiger partial charge in [0.05, 0.1) is 13.2 Å². The molecule has 0 spiro atoms. The Labute approximate surface area is 181 Å². The van der Waals surface area contributed by atoms with Crippen LogP contribution in [0.3, 0.4) is 0 Å². The number of methoxy groups -OCH3 is 1. The molecule has 1 fully saturated rings. The zero-order valence-corrected chi connectivity index (χ0v) is 19.8. The molecule has 1 heterocycles. The number of carbonyl (C=O) groups is 1. The van der Waals surface area contributed by atoms with Crippen molar-refractivity contribution in [3.05, 3.63) is 0 Å². The number of likely N-dealkylation sites (tertiary alicyclic amines) is 1. The molecule has 3 N–H and O–H groups in total. The van der Waals surface area contributed by atoms with Gasteiger partial charge < -0.3 is 25.4 Å². The van der Waals surface area contributed by atoms with Gasteiger partial charge in [-0.05, 0) is 46.7 Å². The van der Waals surface area contributed by atoms with Crippen molar-refractivity contribution < 1.29 is 14.3 Å². The van der Waals surface area contributed by atoms with E-state index in [1.807, 2.05) is 20.8 Å². The summed E-state index contributed by atoms with van der Waals surface area (Å²) >= 11 is 0. The Hall–Kier alpha value is -0.810. The van der Waals surface area contributed by atoms with Gasteiger partial charge >= 0.3 is 6.09 Å². The van der Waals surface area contributed by atoms with Crippen molar-refractivity contribution >= 4 is 36.0 Å². The van der Waals surface area contributed by atoms with E-state index in [-0.39, 0.29) is 30.1 Å². The molecule has 0 aromatic rings. The van der Waals surface area contributed by atoms with Crippen LogP contribution in [0.25, 0.3) is 0 Å². The fourth-order valence-corrected chi connectivity index (χ4v) is 2.92. The molecule has 0 bridgehead atoms. The highest BCUT2D eigenvalue weighted by molar-refractivity contribution is 14.0.